The smallest absolute Gasteiger partial charge is 0.352 e. The summed E-state index contributed by atoms with van der Waals surface area (Å²) >= 11 is 0. The molecular formula is C10H16O5. The van der Waals surface area contributed by atoms with E-state index in [0.29, 0.717) is 5.57 Å². The van der Waals surface area contributed by atoms with E-state index in [-0.39, 0.29) is 0 Å². The van der Waals surface area contributed by atoms with Crippen molar-refractivity contribution < 1.29 is 24.2 Å². The molecule has 0 fully saturated rings. The second kappa shape index (κ2) is 5.50. The molecule has 1 atom stereocenters. The fourth-order valence-corrected chi connectivity index (χ4v) is 0.757. The van der Waals surface area contributed by atoms with Crippen LogP contribution in [-0.2, 0) is 19.1 Å². The number of aliphatic hydroxyl groups is 1. The molecule has 0 amide bonds. The third-order valence-electron chi connectivity index (χ3n) is 1.99. The van der Waals surface area contributed by atoms with Gasteiger partial charge in [-0.3, -0.25) is 0 Å². The van der Waals surface area contributed by atoms with Gasteiger partial charge < -0.3 is 14.6 Å². The molecule has 0 spiro atoms. The second-order valence-corrected chi connectivity index (χ2v) is 3.24. The Balaban J connectivity index is 4.73. The van der Waals surface area contributed by atoms with Crippen molar-refractivity contribution in [1.82, 2.24) is 0 Å². The molecule has 0 aromatic carbocycles. The quantitative estimate of drug-likeness (QED) is 0.544. The van der Waals surface area contributed by atoms with E-state index in [0.717, 1.165) is 7.11 Å². The van der Waals surface area contributed by atoms with Crippen LogP contribution in [0.4, 0.5) is 0 Å². The average Bonchev–Trinajstić information content (AvgIpc) is 2.26. The summed E-state index contributed by atoms with van der Waals surface area (Å²) in [7, 11) is 1.16. The molecular weight excluding hydrogens is 200 g/mol. The molecule has 0 bridgehead atoms. The van der Waals surface area contributed by atoms with Crippen LogP contribution < -0.4 is 0 Å². The lowest BCUT2D eigenvalue weighted by Crippen LogP contribution is -2.44. The molecule has 0 saturated carbocycles. The maximum atomic E-state index is 11.4. The van der Waals surface area contributed by atoms with Crippen LogP contribution in [0.1, 0.15) is 20.8 Å². The van der Waals surface area contributed by atoms with Gasteiger partial charge in [-0.1, -0.05) is 6.08 Å². The number of ether oxygens (including phenoxy) is 2. The SMILES string of the molecule is CC=C(C)C(=O)OC(C)(CO)C(=O)OC. The number of aliphatic hydroxyl groups excluding tert-OH is 1. The lowest BCUT2D eigenvalue weighted by atomic mass is 10.1. The van der Waals surface area contributed by atoms with Crippen LogP contribution in [0.5, 0.6) is 0 Å². The Morgan fingerprint density at radius 2 is 2.00 bits per heavy atom. The van der Waals surface area contributed by atoms with E-state index < -0.39 is 24.1 Å². The van der Waals surface area contributed by atoms with Crippen LogP contribution in [0.3, 0.4) is 0 Å². The first-order valence-corrected chi connectivity index (χ1v) is 4.46. The van der Waals surface area contributed by atoms with Crippen molar-refractivity contribution in [3.63, 3.8) is 0 Å². The molecule has 86 valence electrons. The van der Waals surface area contributed by atoms with Gasteiger partial charge in [-0.25, -0.2) is 9.59 Å². The third-order valence-corrected chi connectivity index (χ3v) is 1.99. The molecule has 0 aromatic heterocycles. The Hall–Kier alpha value is -1.36. The van der Waals surface area contributed by atoms with Gasteiger partial charge in [0.15, 0.2) is 0 Å². The third kappa shape index (κ3) is 3.36. The highest BCUT2D eigenvalue weighted by molar-refractivity contribution is 5.91. The van der Waals surface area contributed by atoms with Crippen molar-refractivity contribution in [3.05, 3.63) is 11.6 Å². The van der Waals surface area contributed by atoms with Crippen molar-refractivity contribution >= 4 is 11.9 Å². The molecule has 0 aromatic rings. The van der Waals surface area contributed by atoms with E-state index in [1.165, 1.54) is 6.92 Å². The maximum absolute atomic E-state index is 11.4. The summed E-state index contributed by atoms with van der Waals surface area (Å²) in [6.45, 7) is 3.89. The summed E-state index contributed by atoms with van der Waals surface area (Å²) in [5.74, 6) is -1.44. The van der Waals surface area contributed by atoms with Gasteiger partial charge in [-0.2, -0.15) is 0 Å². The summed E-state index contributed by atoms with van der Waals surface area (Å²) in [4.78, 5) is 22.6. The highest BCUT2D eigenvalue weighted by Gasteiger charge is 2.38. The van der Waals surface area contributed by atoms with Crippen molar-refractivity contribution in [3.8, 4) is 0 Å². The molecule has 5 nitrogen and oxygen atoms in total. The standard InChI is InChI=1S/C10H16O5/c1-5-7(2)8(12)15-10(3,6-11)9(13)14-4/h5,11H,6H2,1-4H3. The lowest BCUT2D eigenvalue weighted by molar-refractivity contribution is -0.180. The van der Waals surface area contributed by atoms with Gasteiger partial charge in [0.05, 0.1) is 13.7 Å². The summed E-state index contributed by atoms with van der Waals surface area (Å²) in [5, 5.41) is 8.99. The van der Waals surface area contributed by atoms with Crippen LogP contribution in [0.15, 0.2) is 11.6 Å². The minimum Gasteiger partial charge on any atom is -0.466 e. The average molecular weight is 216 g/mol. The number of esters is 2. The first-order chi connectivity index (χ1) is 6.91. The number of hydrogen-bond acceptors (Lipinski definition) is 5. The number of rotatable bonds is 4. The Labute approximate surface area is 88.7 Å². The molecule has 0 aliphatic carbocycles. The number of carbonyl (C=O) groups is 2. The van der Waals surface area contributed by atoms with Gasteiger partial charge in [0.2, 0.25) is 5.60 Å². The molecule has 5 heteroatoms. The van der Waals surface area contributed by atoms with Crippen LogP contribution >= 0.6 is 0 Å². The van der Waals surface area contributed by atoms with Crippen LogP contribution in [0, 0.1) is 0 Å². The fraction of sp³-hybridized carbons (Fsp3) is 0.600. The minimum absolute atomic E-state index is 0.360. The van der Waals surface area contributed by atoms with Gasteiger partial charge in [-0.05, 0) is 20.8 Å². The van der Waals surface area contributed by atoms with E-state index in [9.17, 15) is 9.59 Å². The largest absolute Gasteiger partial charge is 0.466 e. The molecule has 15 heavy (non-hydrogen) atoms. The first kappa shape index (κ1) is 13.6. The first-order valence-electron chi connectivity index (χ1n) is 4.46. The fourth-order valence-electron chi connectivity index (χ4n) is 0.757. The maximum Gasteiger partial charge on any atom is 0.352 e. The van der Waals surface area contributed by atoms with Crippen molar-refractivity contribution in [2.75, 3.05) is 13.7 Å². The highest BCUT2D eigenvalue weighted by Crippen LogP contribution is 2.14. The van der Waals surface area contributed by atoms with Gasteiger partial charge in [0.25, 0.3) is 0 Å². The number of hydrogen-bond donors (Lipinski definition) is 1. The Morgan fingerprint density at radius 1 is 1.47 bits per heavy atom. The van der Waals surface area contributed by atoms with Crippen molar-refractivity contribution in [1.29, 1.82) is 0 Å². The predicted octanol–water partition coefficient (Wildman–Crippen LogP) is 0.420. The van der Waals surface area contributed by atoms with E-state index in [1.807, 2.05) is 0 Å². The number of carbonyl (C=O) groups excluding carboxylic acids is 2. The van der Waals surface area contributed by atoms with Crippen molar-refractivity contribution in [2.24, 2.45) is 0 Å². The number of methoxy groups -OCH3 is 1. The summed E-state index contributed by atoms with van der Waals surface area (Å²) in [5.41, 5.74) is -1.28. The zero-order valence-electron chi connectivity index (χ0n) is 9.36. The van der Waals surface area contributed by atoms with E-state index in [2.05, 4.69) is 4.74 Å². The summed E-state index contributed by atoms with van der Waals surface area (Å²) in [6, 6.07) is 0. The second-order valence-electron chi connectivity index (χ2n) is 3.24. The zero-order valence-corrected chi connectivity index (χ0v) is 9.36. The van der Waals surface area contributed by atoms with Crippen LogP contribution in [-0.4, -0.2) is 36.4 Å². The van der Waals surface area contributed by atoms with Gasteiger partial charge in [0, 0.05) is 5.57 Å². The minimum atomic E-state index is -1.64. The molecule has 1 N–H and O–H groups in total. The Bertz CT molecular complexity index is 282. The number of allylic oxidation sites excluding steroid dienone is 1. The van der Waals surface area contributed by atoms with E-state index >= 15 is 0 Å². The molecule has 0 saturated heterocycles. The summed E-state index contributed by atoms with van der Waals surface area (Å²) in [6.07, 6.45) is 1.55. The molecule has 1 unspecified atom stereocenters. The molecule has 0 rings (SSSR count). The molecule has 0 aliphatic rings. The van der Waals surface area contributed by atoms with Gasteiger partial charge >= 0.3 is 11.9 Å². The highest BCUT2D eigenvalue weighted by atomic mass is 16.6. The lowest BCUT2D eigenvalue weighted by Gasteiger charge is -2.24. The summed E-state index contributed by atoms with van der Waals surface area (Å²) < 4.78 is 9.29. The topological polar surface area (TPSA) is 72.8 Å². The van der Waals surface area contributed by atoms with Crippen LogP contribution in [0.25, 0.3) is 0 Å². The molecule has 0 heterocycles. The molecule has 0 aliphatic heterocycles. The van der Waals surface area contributed by atoms with Gasteiger partial charge in [-0.15, -0.1) is 0 Å². The predicted molar refractivity (Wildman–Crippen MR) is 53.0 cm³/mol. The Morgan fingerprint density at radius 3 is 2.33 bits per heavy atom. The molecule has 0 radical (unpaired) electrons. The van der Waals surface area contributed by atoms with E-state index in [4.69, 9.17) is 9.84 Å². The van der Waals surface area contributed by atoms with Crippen molar-refractivity contribution in [2.45, 2.75) is 26.4 Å². The van der Waals surface area contributed by atoms with Gasteiger partial charge in [0.1, 0.15) is 0 Å². The normalized spacial score (nSPS) is 15.4. The Kier molecular flexibility index (Phi) is 5.00. The monoisotopic (exact) mass is 216 g/mol. The zero-order chi connectivity index (χ0) is 12.1. The van der Waals surface area contributed by atoms with Crippen LogP contribution in [0.2, 0.25) is 0 Å². The van der Waals surface area contributed by atoms with E-state index in [1.54, 1.807) is 19.9 Å².